The number of amides is 2. The first-order valence-corrected chi connectivity index (χ1v) is 16.1. The Morgan fingerprint density at radius 1 is 1.10 bits per heavy atom. The van der Waals surface area contributed by atoms with E-state index < -0.39 is 6.04 Å². The van der Waals surface area contributed by atoms with Gasteiger partial charge in [0.05, 0.1) is 13.1 Å². The van der Waals surface area contributed by atoms with Crippen molar-refractivity contribution >= 4 is 40.3 Å². The zero-order chi connectivity index (χ0) is 29.2. The molecule has 9 nitrogen and oxygen atoms in total. The van der Waals surface area contributed by atoms with Crippen molar-refractivity contribution in [1.29, 1.82) is 0 Å². The van der Waals surface area contributed by atoms with Gasteiger partial charge in [-0.15, -0.1) is 0 Å². The van der Waals surface area contributed by atoms with Crippen LogP contribution in [0.2, 0.25) is 0 Å². The molecule has 41 heavy (non-hydrogen) atoms. The molecule has 0 bridgehead atoms. The fourth-order valence-electron chi connectivity index (χ4n) is 5.90. The Morgan fingerprint density at radius 2 is 1.85 bits per heavy atom. The first kappa shape index (κ1) is 31.3. The van der Waals surface area contributed by atoms with Crippen molar-refractivity contribution in [2.45, 2.75) is 56.8 Å². The maximum absolute atomic E-state index is 13.5. The molecule has 2 aromatic rings. The third-order valence-electron chi connectivity index (χ3n) is 8.16. The Labute approximate surface area is 248 Å². The van der Waals surface area contributed by atoms with E-state index in [0.717, 1.165) is 60.9 Å². The molecule has 2 aliphatic rings. The summed E-state index contributed by atoms with van der Waals surface area (Å²) in [7, 11) is 2.07. The highest BCUT2D eigenvalue weighted by Gasteiger charge is 2.31. The van der Waals surface area contributed by atoms with Crippen molar-refractivity contribution in [3.05, 3.63) is 48.0 Å². The summed E-state index contributed by atoms with van der Waals surface area (Å²) in [4.78, 5) is 45.3. The Morgan fingerprint density at radius 3 is 2.61 bits per heavy atom. The molecule has 0 aliphatic carbocycles. The molecule has 3 N–H and O–H groups in total. The van der Waals surface area contributed by atoms with Gasteiger partial charge in [0.1, 0.15) is 12.1 Å². The summed E-state index contributed by atoms with van der Waals surface area (Å²) >= 11 is 1.64. The van der Waals surface area contributed by atoms with Crippen LogP contribution in [0.1, 0.15) is 37.7 Å². The van der Waals surface area contributed by atoms with Crippen LogP contribution >= 0.6 is 11.8 Å². The second-order valence-corrected chi connectivity index (χ2v) is 12.2. The summed E-state index contributed by atoms with van der Waals surface area (Å²) < 4.78 is 5.85. The first-order valence-electron chi connectivity index (χ1n) is 14.7. The van der Waals surface area contributed by atoms with E-state index in [9.17, 15) is 14.4 Å². The van der Waals surface area contributed by atoms with Crippen LogP contribution in [0.3, 0.4) is 0 Å². The van der Waals surface area contributed by atoms with E-state index in [2.05, 4.69) is 46.4 Å². The van der Waals surface area contributed by atoms with Crippen LogP contribution in [-0.4, -0.2) is 109 Å². The standard InChI is InChI=1S/C31H45N5O4S/c1-34-16-12-26(13-17-34)40-31(39)28(14-18-41-2)33-29(37)22-35(21-25-10-6-15-36(25)30(38)19-32)20-24-9-5-8-23-7-3-4-11-27(23)24/h3-5,7-9,11,25-26,28H,6,10,12-22,32H2,1-2H3,(H,33,37)/t25-,28-/m0/s1. The van der Waals surface area contributed by atoms with Crippen LogP contribution in [0.15, 0.2) is 42.5 Å². The van der Waals surface area contributed by atoms with E-state index in [-0.39, 0.29) is 43.0 Å². The highest BCUT2D eigenvalue weighted by molar-refractivity contribution is 7.98. The summed E-state index contributed by atoms with van der Waals surface area (Å²) in [6.45, 7) is 3.68. The zero-order valence-electron chi connectivity index (χ0n) is 24.4. The molecular formula is C31H45N5O4S. The number of carbonyl (C=O) groups excluding carboxylic acids is 3. The fourth-order valence-corrected chi connectivity index (χ4v) is 6.37. The van der Waals surface area contributed by atoms with Gasteiger partial charge in [-0.1, -0.05) is 42.5 Å². The number of rotatable bonds is 13. The minimum absolute atomic E-state index is 0.00415. The molecular weight excluding hydrogens is 538 g/mol. The Balaban J connectivity index is 1.47. The molecule has 0 saturated carbocycles. The van der Waals surface area contributed by atoms with Gasteiger partial charge in [0.25, 0.3) is 0 Å². The van der Waals surface area contributed by atoms with E-state index in [1.54, 1.807) is 11.8 Å². The normalized spacial score (nSPS) is 19.0. The smallest absolute Gasteiger partial charge is 0.328 e. The molecule has 2 amide bonds. The van der Waals surface area contributed by atoms with Gasteiger partial charge in [-0.05, 0) is 67.5 Å². The monoisotopic (exact) mass is 583 g/mol. The second kappa shape index (κ2) is 15.5. The number of ether oxygens (including phenoxy) is 1. The largest absolute Gasteiger partial charge is 0.461 e. The number of nitrogens with zero attached hydrogens (tertiary/aromatic N) is 3. The Kier molecular flexibility index (Phi) is 11.9. The van der Waals surface area contributed by atoms with E-state index in [0.29, 0.717) is 26.1 Å². The van der Waals surface area contributed by atoms with Crippen LogP contribution in [0.25, 0.3) is 10.8 Å². The van der Waals surface area contributed by atoms with Gasteiger partial charge >= 0.3 is 5.97 Å². The number of carbonyl (C=O) groups is 3. The number of hydrogen-bond acceptors (Lipinski definition) is 8. The third-order valence-corrected chi connectivity index (χ3v) is 8.80. The number of fused-ring (bicyclic) bond motifs is 1. The lowest BCUT2D eigenvalue weighted by molar-refractivity contribution is -0.155. The molecule has 2 aliphatic heterocycles. The summed E-state index contributed by atoms with van der Waals surface area (Å²) in [6.07, 6.45) is 5.81. The molecule has 0 aromatic heterocycles. The highest BCUT2D eigenvalue weighted by atomic mass is 32.2. The predicted octanol–water partition coefficient (Wildman–Crippen LogP) is 2.47. The minimum atomic E-state index is -0.684. The van der Waals surface area contributed by atoms with Gasteiger partial charge in [-0.25, -0.2) is 4.79 Å². The number of thioether (sulfide) groups is 1. The van der Waals surface area contributed by atoms with Crippen molar-refractivity contribution in [2.24, 2.45) is 5.73 Å². The molecule has 224 valence electrons. The van der Waals surface area contributed by atoms with Crippen molar-refractivity contribution in [3.8, 4) is 0 Å². The van der Waals surface area contributed by atoms with Crippen LogP contribution in [0, 0.1) is 0 Å². The molecule has 2 heterocycles. The lowest BCUT2D eigenvalue weighted by atomic mass is 10.0. The van der Waals surface area contributed by atoms with Crippen LogP contribution in [0.4, 0.5) is 0 Å². The van der Waals surface area contributed by atoms with Crippen LogP contribution in [0.5, 0.6) is 0 Å². The van der Waals surface area contributed by atoms with E-state index in [4.69, 9.17) is 10.5 Å². The lowest BCUT2D eigenvalue weighted by Crippen LogP contribution is -2.50. The van der Waals surface area contributed by atoms with Gasteiger partial charge in [-0.3, -0.25) is 14.5 Å². The second-order valence-electron chi connectivity index (χ2n) is 11.2. The molecule has 0 unspecified atom stereocenters. The van der Waals surface area contributed by atoms with E-state index >= 15 is 0 Å². The fraction of sp³-hybridized carbons (Fsp3) is 0.581. The van der Waals surface area contributed by atoms with Gasteiger partial charge in [0, 0.05) is 38.8 Å². The molecule has 0 spiro atoms. The van der Waals surface area contributed by atoms with Gasteiger partial charge in [-0.2, -0.15) is 11.8 Å². The molecule has 0 radical (unpaired) electrons. The number of hydrogen-bond donors (Lipinski definition) is 2. The SMILES string of the molecule is CSCC[C@H](NC(=O)CN(Cc1cccc2ccccc12)C[C@@H]1CCCN1C(=O)CN)C(=O)OC1CCN(C)CC1. The Bertz CT molecular complexity index is 1170. The lowest BCUT2D eigenvalue weighted by Gasteiger charge is -2.32. The molecule has 2 saturated heterocycles. The Hall–Kier alpha value is -2.66. The minimum Gasteiger partial charge on any atom is -0.461 e. The molecule has 2 aromatic carbocycles. The van der Waals surface area contributed by atoms with Crippen molar-refractivity contribution in [1.82, 2.24) is 20.0 Å². The van der Waals surface area contributed by atoms with Gasteiger partial charge < -0.3 is 25.6 Å². The third kappa shape index (κ3) is 8.91. The quantitative estimate of drug-likeness (QED) is 0.347. The van der Waals surface area contributed by atoms with E-state index in [1.807, 2.05) is 29.4 Å². The van der Waals surface area contributed by atoms with Crippen molar-refractivity contribution in [2.75, 3.05) is 58.3 Å². The number of esters is 1. The topological polar surface area (TPSA) is 108 Å². The van der Waals surface area contributed by atoms with E-state index in [1.165, 1.54) is 0 Å². The number of nitrogens with two attached hydrogens (primary N) is 1. The number of nitrogens with one attached hydrogen (secondary N) is 1. The van der Waals surface area contributed by atoms with Crippen molar-refractivity contribution in [3.63, 3.8) is 0 Å². The average Bonchev–Trinajstić information content (AvgIpc) is 3.44. The molecule has 10 heteroatoms. The first-order chi connectivity index (χ1) is 19.9. The summed E-state index contributed by atoms with van der Waals surface area (Å²) in [5, 5.41) is 5.28. The maximum Gasteiger partial charge on any atom is 0.328 e. The number of piperidine rings is 1. The van der Waals surface area contributed by atoms with Crippen molar-refractivity contribution < 1.29 is 19.1 Å². The molecule has 4 rings (SSSR count). The maximum atomic E-state index is 13.5. The highest BCUT2D eigenvalue weighted by Crippen LogP contribution is 2.23. The van der Waals surface area contributed by atoms with Crippen LogP contribution < -0.4 is 11.1 Å². The average molecular weight is 584 g/mol. The molecule has 2 atom stereocenters. The van der Waals surface area contributed by atoms with Gasteiger partial charge in [0.2, 0.25) is 11.8 Å². The summed E-state index contributed by atoms with van der Waals surface area (Å²) in [5.41, 5.74) is 6.81. The predicted molar refractivity (Wildman–Crippen MR) is 165 cm³/mol. The van der Waals surface area contributed by atoms with Crippen LogP contribution in [-0.2, 0) is 25.7 Å². The summed E-state index contributed by atoms with van der Waals surface area (Å²) in [6, 6.07) is 13.7. The summed E-state index contributed by atoms with van der Waals surface area (Å²) in [5.74, 6) is 0.117. The zero-order valence-corrected chi connectivity index (χ0v) is 25.2. The number of benzene rings is 2. The molecule has 2 fully saturated rings. The number of likely N-dealkylation sites (tertiary alicyclic amines) is 2. The van der Waals surface area contributed by atoms with Gasteiger partial charge in [0.15, 0.2) is 0 Å².